The van der Waals surface area contributed by atoms with Crippen molar-refractivity contribution >= 4 is 0 Å². The number of fused-ring (bicyclic) bond motifs is 5. The Balaban J connectivity index is 1.25. The number of nitrogens with zero attached hydrogens (tertiary/aromatic N) is 2. The third-order valence-corrected chi connectivity index (χ3v) is 9.84. The van der Waals surface area contributed by atoms with Crippen molar-refractivity contribution in [2.75, 3.05) is 0 Å². The molecule has 35 heavy (non-hydrogen) atoms. The molecular formula is C31H42N4. The van der Waals surface area contributed by atoms with Gasteiger partial charge in [0.05, 0.1) is 11.9 Å². The van der Waals surface area contributed by atoms with Gasteiger partial charge in [0, 0.05) is 35.2 Å². The highest BCUT2D eigenvalue weighted by Crippen LogP contribution is 2.58. The summed E-state index contributed by atoms with van der Waals surface area (Å²) in [4.78, 5) is 16.8. The summed E-state index contributed by atoms with van der Waals surface area (Å²) in [5.74, 6) is 6.20. The molecule has 4 heteroatoms. The predicted octanol–water partition coefficient (Wildman–Crippen LogP) is 8.63. The van der Waals surface area contributed by atoms with E-state index < -0.39 is 0 Å². The number of aromatic amines is 2. The summed E-state index contributed by atoms with van der Waals surface area (Å²) in [6, 6.07) is 4.93. The number of aromatic nitrogens is 4. The fourth-order valence-electron chi connectivity index (χ4n) is 7.28. The zero-order valence-corrected chi connectivity index (χ0v) is 22.0. The second kappa shape index (κ2) is 9.26. The van der Waals surface area contributed by atoms with Gasteiger partial charge in [-0.05, 0) is 92.2 Å². The molecule has 4 unspecified atom stereocenters. The van der Waals surface area contributed by atoms with Crippen molar-refractivity contribution in [3.8, 4) is 11.3 Å². The lowest BCUT2D eigenvalue weighted by Crippen LogP contribution is -2.15. The molecule has 4 atom stereocenters. The average molecular weight is 471 g/mol. The molecule has 4 nitrogen and oxygen atoms in total. The number of nitrogens with one attached hydrogen (secondary N) is 2. The molecule has 0 amide bonds. The van der Waals surface area contributed by atoms with Crippen LogP contribution in [0.25, 0.3) is 11.3 Å². The number of imidazole rings is 2. The molecule has 3 aromatic rings. The minimum atomic E-state index is 0.485. The Kier molecular flexibility index (Phi) is 6.10. The van der Waals surface area contributed by atoms with Crippen molar-refractivity contribution in [3.63, 3.8) is 0 Å². The van der Waals surface area contributed by atoms with Crippen LogP contribution in [0.1, 0.15) is 155 Å². The summed E-state index contributed by atoms with van der Waals surface area (Å²) < 4.78 is 0. The molecule has 2 aromatic heterocycles. The lowest BCUT2D eigenvalue weighted by atomic mass is 9.73. The van der Waals surface area contributed by atoms with E-state index in [0.717, 1.165) is 30.5 Å². The van der Waals surface area contributed by atoms with Crippen LogP contribution in [0.15, 0.2) is 24.5 Å². The van der Waals surface area contributed by atoms with Crippen LogP contribution in [-0.2, 0) is 0 Å². The SMILES string of the molecule is CCC(C)c1ncc(-c2ccc(C3CCC(c4cnc(C(C)CC)[nH]4)CC3)c3c2C2CCC3C2)[nH]1. The Hall–Kier alpha value is -2.36. The molecule has 0 radical (unpaired) electrons. The molecular weight excluding hydrogens is 428 g/mol. The van der Waals surface area contributed by atoms with Gasteiger partial charge in [0.25, 0.3) is 0 Å². The maximum absolute atomic E-state index is 4.75. The largest absolute Gasteiger partial charge is 0.345 e. The lowest BCUT2D eigenvalue weighted by Gasteiger charge is -2.32. The van der Waals surface area contributed by atoms with Crippen LogP contribution >= 0.6 is 0 Å². The van der Waals surface area contributed by atoms with Gasteiger partial charge in [0.15, 0.2) is 0 Å². The Labute approximate surface area is 210 Å². The molecule has 0 aliphatic heterocycles. The summed E-state index contributed by atoms with van der Waals surface area (Å²) >= 11 is 0. The molecule has 2 bridgehead atoms. The zero-order chi connectivity index (χ0) is 24.1. The first-order chi connectivity index (χ1) is 17.1. The van der Waals surface area contributed by atoms with E-state index in [2.05, 4.69) is 62.2 Å². The van der Waals surface area contributed by atoms with Gasteiger partial charge < -0.3 is 9.97 Å². The van der Waals surface area contributed by atoms with Gasteiger partial charge in [-0.1, -0.05) is 39.8 Å². The number of benzene rings is 1. The van der Waals surface area contributed by atoms with Gasteiger partial charge in [0.2, 0.25) is 0 Å². The van der Waals surface area contributed by atoms with Gasteiger partial charge >= 0.3 is 0 Å². The van der Waals surface area contributed by atoms with Gasteiger partial charge in [-0.25, -0.2) is 9.97 Å². The second-order valence-electron chi connectivity index (χ2n) is 11.8. The molecule has 1 aromatic carbocycles. The van der Waals surface area contributed by atoms with Crippen molar-refractivity contribution < 1.29 is 0 Å². The molecule has 0 spiro atoms. The van der Waals surface area contributed by atoms with E-state index in [-0.39, 0.29) is 0 Å². The maximum Gasteiger partial charge on any atom is 0.109 e. The van der Waals surface area contributed by atoms with Crippen LogP contribution in [0, 0.1) is 0 Å². The maximum atomic E-state index is 4.75. The van der Waals surface area contributed by atoms with E-state index in [4.69, 9.17) is 9.97 Å². The second-order valence-corrected chi connectivity index (χ2v) is 11.8. The third kappa shape index (κ3) is 3.97. The first-order valence-electron chi connectivity index (χ1n) is 14.3. The van der Waals surface area contributed by atoms with Gasteiger partial charge in [0.1, 0.15) is 11.6 Å². The molecule has 2 saturated carbocycles. The number of hydrogen-bond donors (Lipinski definition) is 2. The van der Waals surface area contributed by atoms with E-state index in [9.17, 15) is 0 Å². The van der Waals surface area contributed by atoms with Gasteiger partial charge in [-0.3, -0.25) is 0 Å². The highest BCUT2D eigenvalue weighted by molar-refractivity contribution is 5.70. The van der Waals surface area contributed by atoms with Gasteiger partial charge in [-0.15, -0.1) is 0 Å². The van der Waals surface area contributed by atoms with Crippen LogP contribution < -0.4 is 0 Å². The smallest absolute Gasteiger partial charge is 0.109 e. The van der Waals surface area contributed by atoms with E-state index in [0.29, 0.717) is 23.7 Å². The van der Waals surface area contributed by atoms with Crippen molar-refractivity contribution in [3.05, 3.63) is 58.6 Å². The predicted molar refractivity (Wildman–Crippen MR) is 143 cm³/mol. The Morgan fingerprint density at radius 3 is 2.06 bits per heavy atom. The van der Waals surface area contributed by atoms with Crippen molar-refractivity contribution in [2.45, 2.75) is 121 Å². The van der Waals surface area contributed by atoms with Gasteiger partial charge in [-0.2, -0.15) is 0 Å². The minimum absolute atomic E-state index is 0.485. The van der Waals surface area contributed by atoms with E-state index in [1.165, 1.54) is 67.7 Å². The highest BCUT2D eigenvalue weighted by Gasteiger charge is 2.41. The topological polar surface area (TPSA) is 57.4 Å². The van der Waals surface area contributed by atoms with Crippen molar-refractivity contribution in [1.29, 1.82) is 0 Å². The van der Waals surface area contributed by atoms with Crippen LogP contribution in [0.5, 0.6) is 0 Å². The standard InChI is InChI=1S/C31H42N4/c1-5-18(3)30-32-16-26(34-30)21-9-7-20(8-10-21)24-13-14-25(27-17-33-31(35-27)19(4)6-2)29-23-12-11-22(15-23)28(24)29/h13-14,16-23H,5-12,15H2,1-4H3,(H,32,34)(H,33,35). The summed E-state index contributed by atoms with van der Waals surface area (Å²) in [5.41, 5.74) is 9.13. The monoisotopic (exact) mass is 470 g/mol. The molecule has 6 rings (SSSR count). The molecule has 0 saturated heterocycles. The van der Waals surface area contributed by atoms with Crippen LogP contribution in [0.2, 0.25) is 0 Å². The average Bonchev–Trinajstić information content (AvgIpc) is 3.71. The molecule has 2 fully saturated rings. The van der Waals surface area contributed by atoms with E-state index in [1.807, 2.05) is 0 Å². The lowest BCUT2D eigenvalue weighted by molar-refractivity contribution is 0.389. The Morgan fingerprint density at radius 1 is 0.743 bits per heavy atom. The Morgan fingerprint density at radius 2 is 1.34 bits per heavy atom. The normalized spacial score (nSPS) is 27.2. The Bertz CT molecular complexity index is 1180. The minimum Gasteiger partial charge on any atom is -0.345 e. The molecule has 2 N–H and O–H groups in total. The fraction of sp³-hybridized carbons (Fsp3) is 0.613. The zero-order valence-electron chi connectivity index (χ0n) is 22.0. The summed E-state index contributed by atoms with van der Waals surface area (Å²) in [6.45, 7) is 9.02. The van der Waals surface area contributed by atoms with Crippen molar-refractivity contribution in [2.24, 2.45) is 0 Å². The quantitative estimate of drug-likeness (QED) is 0.363. The van der Waals surface area contributed by atoms with Crippen LogP contribution in [0.3, 0.4) is 0 Å². The summed E-state index contributed by atoms with van der Waals surface area (Å²) in [6.07, 6.45) is 15.7. The highest BCUT2D eigenvalue weighted by atomic mass is 14.9. The first kappa shape index (κ1) is 23.1. The third-order valence-electron chi connectivity index (χ3n) is 9.84. The number of hydrogen-bond acceptors (Lipinski definition) is 2. The molecule has 3 aliphatic carbocycles. The molecule has 186 valence electrons. The van der Waals surface area contributed by atoms with Crippen LogP contribution in [-0.4, -0.2) is 19.9 Å². The fourth-order valence-corrected chi connectivity index (χ4v) is 7.28. The van der Waals surface area contributed by atoms with Crippen molar-refractivity contribution in [1.82, 2.24) is 19.9 Å². The summed E-state index contributed by atoms with van der Waals surface area (Å²) in [7, 11) is 0. The van der Waals surface area contributed by atoms with Crippen LogP contribution in [0.4, 0.5) is 0 Å². The van der Waals surface area contributed by atoms with E-state index in [1.54, 1.807) is 16.7 Å². The summed E-state index contributed by atoms with van der Waals surface area (Å²) in [5, 5.41) is 0. The number of H-pyrrole nitrogens is 2. The number of rotatable bonds is 7. The van der Waals surface area contributed by atoms with E-state index >= 15 is 0 Å². The molecule has 2 heterocycles. The molecule has 3 aliphatic rings. The first-order valence-corrected chi connectivity index (χ1v) is 14.3.